The van der Waals surface area contributed by atoms with Crippen molar-refractivity contribution in [3.63, 3.8) is 0 Å². The topological polar surface area (TPSA) is 70.1 Å². The normalized spacial score (nSPS) is 20.2. The molecule has 6 heteroatoms. The maximum atomic E-state index is 13.0. The van der Waals surface area contributed by atoms with Crippen LogP contribution < -0.4 is 4.74 Å². The number of allylic oxidation sites excluding steroid dienone is 1. The zero-order chi connectivity index (χ0) is 19.4. The number of carbonyl (C=O) groups excluding carboxylic acids is 2. The Bertz CT molecular complexity index is 712. The number of β-amino-alcohol motifs (C(OH)–C–C–N with tert-alkyl or cyclic N) is 1. The van der Waals surface area contributed by atoms with Crippen molar-refractivity contribution in [3.05, 3.63) is 42.5 Å². The smallest absolute Gasteiger partial charge is 0.327 e. The predicted octanol–water partition coefficient (Wildman–Crippen LogP) is 2.75. The zero-order valence-corrected chi connectivity index (χ0v) is 15.9. The van der Waals surface area contributed by atoms with Crippen LogP contribution in [-0.2, 0) is 11.2 Å². The molecule has 1 aromatic carbocycles. The lowest BCUT2D eigenvalue weighted by molar-refractivity contribution is -0.135. The first kappa shape index (κ1) is 19.4. The van der Waals surface area contributed by atoms with Crippen molar-refractivity contribution in [1.82, 2.24) is 9.80 Å². The van der Waals surface area contributed by atoms with Crippen molar-refractivity contribution in [1.29, 1.82) is 0 Å². The van der Waals surface area contributed by atoms with E-state index in [1.54, 1.807) is 18.0 Å². The molecule has 1 N–H and O–H groups in total. The van der Waals surface area contributed by atoms with Gasteiger partial charge in [-0.1, -0.05) is 43.5 Å². The number of benzene rings is 1. The molecule has 1 atom stereocenters. The lowest BCUT2D eigenvalue weighted by atomic mass is 9.81. The van der Waals surface area contributed by atoms with E-state index in [0.717, 1.165) is 24.8 Å². The van der Waals surface area contributed by atoms with Crippen LogP contribution in [0, 0.1) is 0 Å². The summed E-state index contributed by atoms with van der Waals surface area (Å²) < 4.78 is 5.74. The van der Waals surface area contributed by atoms with Crippen LogP contribution in [0.3, 0.4) is 0 Å². The number of imide groups is 1. The second-order valence-electron chi connectivity index (χ2n) is 7.41. The number of hydrogen-bond donors (Lipinski definition) is 1. The summed E-state index contributed by atoms with van der Waals surface area (Å²) in [6, 6.07) is 7.24. The van der Waals surface area contributed by atoms with Gasteiger partial charge in [0.05, 0.1) is 6.54 Å². The molecule has 3 amide bonds. The average Bonchev–Trinajstić information content (AvgIpc) is 2.84. The van der Waals surface area contributed by atoms with Crippen LogP contribution in [0.15, 0.2) is 36.9 Å². The maximum absolute atomic E-state index is 13.0. The Labute approximate surface area is 160 Å². The molecule has 3 rings (SSSR count). The van der Waals surface area contributed by atoms with Gasteiger partial charge in [-0.05, 0) is 30.9 Å². The van der Waals surface area contributed by atoms with Gasteiger partial charge in [0, 0.05) is 7.05 Å². The number of hydrogen-bond acceptors (Lipinski definition) is 4. The molecule has 0 aromatic heterocycles. The largest absolute Gasteiger partial charge is 0.491 e. The lowest BCUT2D eigenvalue weighted by Crippen LogP contribution is -2.49. The van der Waals surface area contributed by atoms with Gasteiger partial charge in [0.1, 0.15) is 24.0 Å². The summed E-state index contributed by atoms with van der Waals surface area (Å²) in [6.07, 6.45) is 5.91. The zero-order valence-electron chi connectivity index (χ0n) is 15.9. The van der Waals surface area contributed by atoms with E-state index in [2.05, 4.69) is 6.58 Å². The molecule has 1 aliphatic heterocycles. The van der Waals surface area contributed by atoms with Crippen LogP contribution >= 0.6 is 0 Å². The molecule has 1 aromatic rings. The minimum absolute atomic E-state index is 0.0158. The molecule has 2 fully saturated rings. The maximum Gasteiger partial charge on any atom is 0.327 e. The summed E-state index contributed by atoms with van der Waals surface area (Å²) in [6.45, 7) is 3.70. The first-order valence-corrected chi connectivity index (χ1v) is 9.59. The number of ether oxygens (including phenoxy) is 1. The molecule has 2 aliphatic rings. The minimum Gasteiger partial charge on any atom is -0.491 e. The monoisotopic (exact) mass is 372 g/mol. The van der Waals surface area contributed by atoms with E-state index in [-0.39, 0.29) is 25.1 Å². The Balaban J connectivity index is 1.62. The molecule has 0 unspecified atom stereocenters. The summed E-state index contributed by atoms with van der Waals surface area (Å²) >= 11 is 0. The Morgan fingerprint density at radius 1 is 1.26 bits per heavy atom. The minimum atomic E-state index is -0.943. The molecule has 27 heavy (non-hydrogen) atoms. The number of urea groups is 1. The van der Waals surface area contributed by atoms with Crippen LogP contribution in [0.1, 0.15) is 37.7 Å². The lowest BCUT2D eigenvalue weighted by Gasteiger charge is -2.35. The van der Waals surface area contributed by atoms with Crippen molar-refractivity contribution < 1.29 is 19.4 Å². The fourth-order valence-electron chi connectivity index (χ4n) is 4.11. The molecule has 1 heterocycles. The number of likely N-dealkylation sites (N-methyl/N-ethyl adjacent to an activating group) is 1. The summed E-state index contributed by atoms with van der Waals surface area (Å²) in [5.74, 6) is 0.497. The van der Waals surface area contributed by atoms with E-state index in [9.17, 15) is 14.7 Å². The van der Waals surface area contributed by atoms with E-state index in [1.165, 1.54) is 4.90 Å². The fraction of sp³-hybridized carbons (Fsp3) is 0.524. The van der Waals surface area contributed by atoms with Gasteiger partial charge in [0.25, 0.3) is 5.91 Å². The van der Waals surface area contributed by atoms with Gasteiger partial charge >= 0.3 is 6.03 Å². The van der Waals surface area contributed by atoms with E-state index in [4.69, 9.17) is 4.74 Å². The Hall–Kier alpha value is -2.34. The summed E-state index contributed by atoms with van der Waals surface area (Å²) in [7, 11) is 1.69. The third-order valence-corrected chi connectivity index (χ3v) is 5.65. The van der Waals surface area contributed by atoms with E-state index < -0.39 is 11.6 Å². The van der Waals surface area contributed by atoms with Crippen molar-refractivity contribution in [3.8, 4) is 5.75 Å². The van der Waals surface area contributed by atoms with Gasteiger partial charge in [0.2, 0.25) is 0 Å². The van der Waals surface area contributed by atoms with Crippen LogP contribution in [0.2, 0.25) is 0 Å². The summed E-state index contributed by atoms with van der Waals surface area (Å²) in [5.41, 5.74) is 0.265. The second-order valence-corrected chi connectivity index (χ2v) is 7.41. The van der Waals surface area contributed by atoms with Gasteiger partial charge in [-0.15, -0.1) is 6.58 Å². The molecule has 1 saturated heterocycles. The van der Waals surface area contributed by atoms with Gasteiger partial charge in [-0.2, -0.15) is 0 Å². The first-order chi connectivity index (χ1) is 13.0. The molecule has 146 valence electrons. The van der Waals surface area contributed by atoms with Crippen LogP contribution in [0.4, 0.5) is 4.79 Å². The number of aliphatic hydroxyl groups is 1. The molecule has 1 aliphatic carbocycles. The van der Waals surface area contributed by atoms with Gasteiger partial charge in [-0.25, -0.2) is 4.79 Å². The van der Waals surface area contributed by atoms with Crippen LogP contribution in [0.25, 0.3) is 0 Å². The summed E-state index contributed by atoms with van der Waals surface area (Å²) in [4.78, 5) is 28.3. The van der Waals surface area contributed by atoms with Crippen molar-refractivity contribution >= 4 is 11.9 Å². The third kappa shape index (κ3) is 3.72. The highest BCUT2D eigenvalue weighted by Crippen LogP contribution is 2.39. The highest BCUT2D eigenvalue weighted by atomic mass is 16.5. The molecule has 0 bridgehead atoms. The first-order valence-electron chi connectivity index (χ1n) is 9.59. The number of rotatable bonds is 7. The predicted molar refractivity (Wildman–Crippen MR) is 103 cm³/mol. The molecule has 1 saturated carbocycles. The number of para-hydroxylation sites is 1. The molecule has 0 radical (unpaired) electrons. The fourth-order valence-corrected chi connectivity index (χ4v) is 4.11. The Kier molecular flexibility index (Phi) is 5.85. The van der Waals surface area contributed by atoms with Crippen LogP contribution in [-0.4, -0.2) is 58.7 Å². The van der Waals surface area contributed by atoms with E-state index >= 15 is 0 Å². The standard InChI is InChI=1S/C21H28N2O4/c1-3-9-16-10-5-6-11-18(16)27-15-17(24)14-23-19(25)21(22(2)20(23)26)12-7-4-8-13-21/h3,5-6,10-11,17,24H,1,4,7-9,12-15H2,2H3/t17-/m0/s1. The number of amides is 3. The van der Waals surface area contributed by atoms with Crippen molar-refractivity contribution in [2.45, 2.75) is 50.2 Å². The number of carbonyl (C=O) groups is 2. The van der Waals surface area contributed by atoms with Gasteiger partial charge in [0.15, 0.2) is 0 Å². The SMILES string of the molecule is C=CCc1ccccc1OC[C@@H](O)CN1C(=O)N(C)C2(CCCCC2)C1=O. The highest BCUT2D eigenvalue weighted by Gasteiger charge is 2.55. The average molecular weight is 372 g/mol. The molecular weight excluding hydrogens is 344 g/mol. The van der Waals surface area contributed by atoms with Gasteiger partial charge in [-0.3, -0.25) is 9.69 Å². The quantitative estimate of drug-likeness (QED) is 0.590. The number of nitrogens with zero attached hydrogens (tertiary/aromatic N) is 2. The van der Waals surface area contributed by atoms with E-state index in [0.29, 0.717) is 25.0 Å². The van der Waals surface area contributed by atoms with Crippen LogP contribution in [0.5, 0.6) is 5.75 Å². The molecule has 6 nitrogen and oxygen atoms in total. The number of aliphatic hydroxyl groups excluding tert-OH is 1. The Morgan fingerprint density at radius 3 is 2.67 bits per heavy atom. The Morgan fingerprint density at radius 2 is 1.96 bits per heavy atom. The van der Waals surface area contributed by atoms with Crippen molar-refractivity contribution in [2.75, 3.05) is 20.2 Å². The highest BCUT2D eigenvalue weighted by molar-refractivity contribution is 6.07. The third-order valence-electron chi connectivity index (χ3n) is 5.65. The molecule has 1 spiro atoms. The molecular formula is C21H28N2O4. The second kappa shape index (κ2) is 8.13. The van der Waals surface area contributed by atoms with Crippen molar-refractivity contribution in [2.24, 2.45) is 0 Å². The van der Waals surface area contributed by atoms with E-state index in [1.807, 2.05) is 24.3 Å². The summed E-state index contributed by atoms with van der Waals surface area (Å²) in [5, 5.41) is 10.4. The van der Waals surface area contributed by atoms with Gasteiger partial charge < -0.3 is 14.7 Å².